The predicted octanol–water partition coefficient (Wildman–Crippen LogP) is -0.375. The summed E-state index contributed by atoms with van der Waals surface area (Å²) in [5.41, 5.74) is 0.338. The molecule has 1 aromatic carbocycles. The lowest BCUT2D eigenvalue weighted by atomic mass is 10.1. The Morgan fingerprint density at radius 2 is 1.45 bits per heavy atom. The van der Waals surface area contributed by atoms with Gasteiger partial charge in [0.15, 0.2) is 0 Å². The molecule has 162 valence electrons. The van der Waals surface area contributed by atoms with Gasteiger partial charge in [0.1, 0.15) is 6.10 Å². The molecule has 1 aromatic rings. The molecule has 7 N–H and O–H groups in total. The monoisotopic (exact) mass is 747 g/mol. The van der Waals surface area contributed by atoms with Crippen LogP contribution in [0, 0.1) is 10.7 Å². The molecule has 0 bridgehead atoms. The molecule has 29 heavy (non-hydrogen) atoms. The van der Waals surface area contributed by atoms with Gasteiger partial charge >= 0.3 is 0 Å². The van der Waals surface area contributed by atoms with E-state index in [9.17, 15) is 29.7 Å². The van der Waals surface area contributed by atoms with Crippen molar-refractivity contribution in [1.82, 2.24) is 10.6 Å². The Kier molecular flexibility index (Phi) is 11.5. The first kappa shape index (κ1) is 26.7. The topological polar surface area (TPSA) is 168 Å². The normalized spacial score (nSPS) is 11.9. The number of nitrogens with one attached hydrogen (secondary N) is 3. The van der Waals surface area contributed by atoms with Crippen molar-refractivity contribution in [2.24, 2.45) is 0 Å². The maximum Gasteiger partial charge on any atom is 0.253 e. The molecule has 3 amide bonds. The van der Waals surface area contributed by atoms with Crippen LogP contribution in [-0.4, -0.2) is 76.7 Å². The van der Waals surface area contributed by atoms with Crippen molar-refractivity contribution in [3.8, 4) is 0 Å². The van der Waals surface area contributed by atoms with Gasteiger partial charge in [0.05, 0.1) is 49.8 Å². The van der Waals surface area contributed by atoms with Crippen molar-refractivity contribution >= 4 is 91.2 Å². The lowest BCUT2D eigenvalue weighted by Gasteiger charge is -2.21. The third-order valence-corrected chi connectivity index (χ3v) is 6.81. The second-order valence-corrected chi connectivity index (χ2v) is 8.98. The molecule has 0 aliphatic heterocycles. The van der Waals surface area contributed by atoms with Crippen LogP contribution < -0.4 is 16.0 Å². The third kappa shape index (κ3) is 6.82. The molecule has 10 nitrogen and oxygen atoms in total. The Balaban J connectivity index is 3.62. The Hall–Kier alpha value is -0.340. The maximum atomic E-state index is 12.8. The van der Waals surface area contributed by atoms with Crippen LogP contribution in [0.2, 0.25) is 0 Å². The van der Waals surface area contributed by atoms with E-state index in [0.717, 1.165) is 0 Å². The summed E-state index contributed by atoms with van der Waals surface area (Å²) in [4.78, 5) is 37.5. The second kappa shape index (κ2) is 12.5. The molecule has 0 heterocycles. The number of carbonyl (C=O) groups excluding carboxylic acids is 3. The number of halogens is 3. The maximum absolute atomic E-state index is 12.8. The van der Waals surface area contributed by atoms with Crippen LogP contribution in [-0.2, 0) is 4.79 Å². The quantitative estimate of drug-likeness (QED) is 0.169. The van der Waals surface area contributed by atoms with E-state index >= 15 is 0 Å². The Morgan fingerprint density at radius 3 is 1.90 bits per heavy atom. The summed E-state index contributed by atoms with van der Waals surface area (Å²) < 4.78 is 0.948. The third-order valence-electron chi connectivity index (χ3n) is 3.57. The summed E-state index contributed by atoms with van der Waals surface area (Å²) in [5.74, 6) is -1.95. The van der Waals surface area contributed by atoms with E-state index in [1.807, 2.05) is 67.8 Å². The van der Waals surface area contributed by atoms with Gasteiger partial charge in [-0.25, -0.2) is 0 Å². The van der Waals surface area contributed by atoms with E-state index < -0.39 is 43.1 Å². The molecular weight excluding hydrogens is 727 g/mol. The minimum Gasteiger partial charge on any atom is -0.395 e. The number of rotatable bonds is 9. The molecule has 0 fully saturated rings. The highest BCUT2D eigenvalue weighted by Gasteiger charge is 2.29. The van der Waals surface area contributed by atoms with Gasteiger partial charge in [-0.15, -0.1) is 0 Å². The number of amides is 3. The van der Waals surface area contributed by atoms with Gasteiger partial charge in [0.2, 0.25) is 0 Å². The highest BCUT2D eigenvalue weighted by atomic mass is 127. The van der Waals surface area contributed by atoms with E-state index in [0.29, 0.717) is 7.14 Å². The zero-order chi connectivity index (χ0) is 22.3. The van der Waals surface area contributed by atoms with Crippen LogP contribution in [0.3, 0.4) is 0 Å². The molecule has 0 saturated heterocycles. The fourth-order valence-electron chi connectivity index (χ4n) is 2.06. The number of hydrogen-bond donors (Lipinski definition) is 7. The van der Waals surface area contributed by atoms with Gasteiger partial charge in [-0.3, -0.25) is 14.4 Å². The highest BCUT2D eigenvalue weighted by Crippen LogP contribution is 2.36. The van der Waals surface area contributed by atoms with Gasteiger partial charge in [-0.05, 0) is 74.7 Å². The van der Waals surface area contributed by atoms with Crippen LogP contribution in [0.5, 0.6) is 0 Å². The molecule has 0 aliphatic rings. The Morgan fingerprint density at radius 1 is 0.931 bits per heavy atom. The molecule has 0 radical (unpaired) electrons. The van der Waals surface area contributed by atoms with Crippen molar-refractivity contribution in [3.63, 3.8) is 0 Å². The first-order valence-electron chi connectivity index (χ1n) is 8.21. The summed E-state index contributed by atoms with van der Waals surface area (Å²) in [5, 5.41) is 44.4. The van der Waals surface area contributed by atoms with Gasteiger partial charge in [-0.2, -0.15) is 0 Å². The molecule has 0 aromatic heterocycles. The fraction of sp³-hybridized carbons (Fsp3) is 0.438. The number of aliphatic hydroxyl groups is 4. The van der Waals surface area contributed by atoms with Gasteiger partial charge in [0.25, 0.3) is 17.7 Å². The number of anilines is 1. The summed E-state index contributed by atoms with van der Waals surface area (Å²) >= 11 is 5.52. The van der Waals surface area contributed by atoms with Crippen molar-refractivity contribution in [2.45, 2.75) is 19.1 Å². The molecule has 0 saturated carbocycles. The van der Waals surface area contributed by atoms with E-state index in [4.69, 9.17) is 5.11 Å². The predicted molar refractivity (Wildman–Crippen MR) is 130 cm³/mol. The standard InChI is InChI=1S/C16H20I3N3O7/c1-6(26)14(27)22-13-11(18)8(15(28)20-2-3-23)10(17)9(12(13)19)16(29)21-7(4-24)5-25/h6-7,23-26H,2-5H2,1H3,(H,20,28)(H,21,29)(H,22,27)/t6-/m1/s1. The van der Waals surface area contributed by atoms with Crippen molar-refractivity contribution in [1.29, 1.82) is 0 Å². The van der Waals surface area contributed by atoms with Gasteiger partial charge in [0, 0.05) is 10.1 Å². The average molecular weight is 747 g/mol. The minimum atomic E-state index is -1.32. The number of carbonyl (C=O) groups is 3. The molecule has 0 aliphatic carbocycles. The smallest absolute Gasteiger partial charge is 0.253 e. The van der Waals surface area contributed by atoms with E-state index in [-0.39, 0.29) is 33.5 Å². The Bertz CT molecular complexity index is 786. The molecule has 1 atom stereocenters. The zero-order valence-electron chi connectivity index (χ0n) is 15.1. The Labute approximate surface area is 207 Å². The molecule has 0 spiro atoms. The number of aliphatic hydroxyl groups excluding tert-OH is 4. The zero-order valence-corrected chi connectivity index (χ0v) is 21.6. The molecule has 0 unspecified atom stereocenters. The lowest BCUT2D eigenvalue weighted by molar-refractivity contribution is -0.123. The van der Waals surface area contributed by atoms with Crippen LogP contribution in [0.1, 0.15) is 27.6 Å². The lowest BCUT2D eigenvalue weighted by Crippen LogP contribution is -2.41. The first-order valence-corrected chi connectivity index (χ1v) is 11.4. The van der Waals surface area contributed by atoms with E-state index in [2.05, 4.69) is 16.0 Å². The molecule has 1 rings (SSSR count). The second-order valence-electron chi connectivity index (χ2n) is 5.75. The van der Waals surface area contributed by atoms with Crippen molar-refractivity contribution in [3.05, 3.63) is 21.8 Å². The average Bonchev–Trinajstić information content (AvgIpc) is 2.67. The van der Waals surface area contributed by atoms with Crippen molar-refractivity contribution < 1.29 is 34.8 Å². The van der Waals surface area contributed by atoms with Crippen LogP contribution in [0.25, 0.3) is 0 Å². The highest BCUT2D eigenvalue weighted by molar-refractivity contribution is 14.1. The summed E-state index contributed by atoms with van der Waals surface area (Å²) in [6, 6.07) is -0.907. The SMILES string of the molecule is C[C@@H](O)C(=O)Nc1c(I)c(C(=O)NCCO)c(I)c(C(=O)NC(CO)CO)c1I. The van der Waals surface area contributed by atoms with Crippen LogP contribution in [0.15, 0.2) is 0 Å². The summed E-state index contributed by atoms with van der Waals surface area (Å²) in [6.07, 6.45) is -1.32. The molecular formula is C16H20I3N3O7. The van der Waals surface area contributed by atoms with E-state index in [1.165, 1.54) is 6.92 Å². The molecule has 13 heteroatoms. The van der Waals surface area contributed by atoms with Gasteiger partial charge in [-0.1, -0.05) is 0 Å². The van der Waals surface area contributed by atoms with Crippen LogP contribution >= 0.6 is 67.8 Å². The number of benzene rings is 1. The summed E-state index contributed by atoms with van der Waals surface area (Å²) in [7, 11) is 0. The number of hydrogen-bond acceptors (Lipinski definition) is 7. The fourth-order valence-corrected chi connectivity index (χ4v) is 6.48. The minimum absolute atomic E-state index is 0.00895. The largest absolute Gasteiger partial charge is 0.395 e. The van der Waals surface area contributed by atoms with Crippen molar-refractivity contribution in [2.75, 3.05) is 31.7 Å². The van der Waals surface area contributed by atoms with Gasteiger partial charge < -0.3 is 36.4 Å². The van der Waals surface area contributed by atoms with E-state index in [1.54, 1.807) is 0 Å². The summed E-state index contributed by atoms with van der Waals surface area (Å²) in [6.45, 7) is 0.00366. The first-order chi connectivity index (χ1) is 13.6. The van der Waals surface area contributed by atoms with Crippen LogP contribution in [0.4, 0.5) is 5.69 Å².